The Bertz CT molecular complexity index is 1030. The molecule has 0 heterocycles. The molecule has 1 atom stereocenters. The van der Waals surface area contributed by atoms with Crippen molar-refractivity contribution in [1.82, 2.24) is 0 Å². The van der Waals surface area contributed by atoms with Gasteiger partial charge in [-0.3, -0.25) is 5.32 Å². The highest BCUT2D eigenvalue weighted by atomic mass is 35.5. The van der Waals surface area contributed by atoms with Crippen molar-refractivity contribution in [3.8, 4) is 11.1 Å². The van der Waals surface area contributed by atoms with Crippen LogP contribution in [0.1, 0.15) is 46.4 Å². The number of fused-ring (bicyclic) bond motifs is 4. The summed E-state index contributed by atoms with van der Waals surface area (Å²) in [5, 5.41) is 2.95. The van der Waals surface area contributed by atoms with Gasteiger partial charge >= 0.3 is 6.09 Å². The third-order valence-electron chi connectivity index (χ3n) is 5.97. The zero-order chi connectivity index (χ0) is 19.8. The molecule has 1 amide bonds. The fraction of sp³-hybridized carbons (Fsp3) is 0.240. The summed E-state index contributed by atoms with van der Waals surface area (Å²) in [4.78, 5) is 12.5. The Kier molecular flexibility index (Phi) is 4.76. The lowest BCUT2D eigenvalue weighted by Gasteiger charge is -2.21. The molecule has 5 rings (SSSR count). The number of aryl methyl sites for hydroxylation is 1. The minimum Gasteiger partial charge on any atom is -0.448 e. The molecule has 2 aliphatic rings. The lowest BCUT2D eigenvalue weighted by molar-refractivity contribution is 0.158. The number of halogens is 1. The van der Waals surface area contributed by atoms with Crippen molar-refractivity contribution < 1.29 is 9.53 Å². The Balaban J connectivity index is 1.29. The van der Waals surface area contributed by atoms with Gasteiger partial charge in [-0.25, -0.2) is 4.79 Å². The summed E-state index contributed by atoms with van der Waals surface area (Å²) in [7, 11) is 0. The molecule has 29 heavy (non-hydrogen) atoms. The van der Waals surface area contributed by atoms with E-state index in [2.05, 4.69) is 29.6 Å². The first-order chi connectivity index (χ1) is 14.2. The van der Waals surface area contributed by atoms with Gasteiger partial charge in [0.2, 0.25) is 0 Å². The molecule has 0 aliphatic heterocycles. The highest BCUT2D eigenvalue weighted by Crippen LogP contribution is 2.44. The van der Waals surface area contributed by atoms with Gasteiger partial charge in [-0.05, 0) is 64.8 Å². The van der Waals surface area contributed by atoms with E-state index in [1.807, 2.05) is 42.5 Å². The highest BCUT2D eigenvalue weighted by molar-refractivity contribution is 6.21. The van der Waals surface area contributed by atoms with E-state index >= 15 is 0 Å². The van der Waals surface area contributed by atoms with Gasteiger partial charge in [0.25, 0.3) is 0 Å². The quantitative estimate of drug-likeness (QED) is 0.496. The molecule has 2 aliphatic carbocycles. The second-order valence-corrected chi connectivity index (χ2v) is 8.25. The van der Waals surface area contributed by atoms with Gasteiger partial charge in [0.15, 0.2) is 0 Å². The molecule has 0 aromatic heterocycles. The van der Waals surface area contributed by atoms with E-state index in [-0.39, 0.29) is 11.3 Å². The number of amides is 1. The maximum atomic E-state index is 12.5. The van der Waals surface area contributed by atoms with Crippen molar-refractivity contribution in [2.75, 3.05) is 11.9 Å². The first kappa shape index (κ1) is 18.3. The maximum absolute atomic E-state index is 12.5. The number of carbonyl (C=O) groups excluding carboxylic acids is 1. The second-order valence-electron chi connectivity index (χ2n) is 7.72. The zero-order valence-corrected chi connectivity index (χ0v) is 16.8. The third kappa shape index (κ3) is 3.40. The average molecular weight is 404 g/mol. The van der Waals surface area contributed by atoms with Crippen LogP contribution in [0.2, 0.25) is 0 Å². The van der Waals surface area contributed by atoms with Crippen molar-refractivity contribution in [3.05, 3.63) is 89.0 Å². The molecule has 0 fully saturated rings. The molecule has 3 nitrogen and oxygen atoms in total. The van der Waals surface area contributed by atoms with Gasteiger partial charge < -0.3 is 4.74 Å². The number of hydrogen-bond donors (Lipinski definition) is 1. The Hall–Kier alpha value is -2.78. The summed E-state index contributed by atoms with van der Waals surface area (Å²) in [6.45, 7) is 0.314. The number of nitrogens with one attached hydrogen (secondary N) is 1. The maximum Gasteiger partial charge on any atom is 0.411 e. The van der Waals surface area contributed by atoms with Crippen molar-refractivity contribution in [2.24, 2.45) is 0 Å². The summed E-state index contributed by atoms with van der Waals surface area (Å²) in [5.74, 6) is 0.0636. The molecule has 146 valence electrons. The first-order valence-electron chi connectivity index (χ1n) is 10.1. The molecular formula is C25H22ClNO2. The fourth-order valence-corrected chi connectivity index (χ4v) is 4.95. The number of carbonyl (C=O) groups is 1. The number of hydrogen-bond acceptors (Lipinski definition) is 2. The van der Waals surface area contributed by atoms with Crippen LogP contribution in [0.25, 0.3) is 11.1 Å². The monoisotopic (exact) mass is 403 g/mol. The molecule has 1 N–H and O–H groups in total. The molecule has 3 aromatic carbocycles. The van der Waals surface area contributed by atoms with Crippen LogP contribution in [-0.2, 0) is 11.2 Å². The van der Waals surface area contributed by atoms with Gasteiger partial charge in [0.1, 0.15) is 6.61 Å². The van der Waals surface area contributed by atoms with Crippen LogP contribution in [0.4, 0.5) is 10.5 Å². The lowest BCUT2D eigenvalue weighted by Crippen LogP contribution is -2.18. The molecule has 0 radical (unpaired) electrons. The molecule has 0 bridgehead atoms. The fourth-order valence-electron chi connectivity index (χ4n) is 4.59. The van der Waals surface area contributed by atoms with Gasteiger partial charge in [0.05, 0.1) is 5.38 Å². The van der Waals surface area contributed by atoms with Gasteiger partial charge in [-0.2, -0.15) is 0 Å². The lowest BCUT2D eigenvalue weighted by atomic mass is 9.91. The molecule has 4 heteroatoms. The van der Waals surface area contributed by atoms with Crippen molar-refractivity contribution in [2.45, 2.75) is 30.6 Å². The molecule has 0 saturated carbocycles. The number of alkyl halides is 1. The van der Waals surface area contributed by atoms with E-state index in [4.69, 9.17) is 16.3 Å². The number of rotatable bonds is 3. The van der Waals surface area contributed by atoms with E-state index in [1.54, 1.807) is 0 Å². The molecule has 0 spiro atoms. The topological polar surface area (TPSA) is 38.3 Å². The summed E-state index contributed by atoms with van der Waals surface area (Å²) in [6, 6.07) is 22.6. The molecule has 0 saturated heterocycles. The van der Waals surface area contributed by atoms with Gasteiger partial charge in [-0.1, -0.05) is 54.6 Å². The van der Waals surface area contributed by atoms with Crippen molar-refractivity contribution >= 4 is 23.4 Å². The van der Waals surface area contributed by atoms with Gasteiger partial charge in [0, 0.05) is 11.6 Å². The Morgan fingerprint density at radius 2 is 1.66 bits per heavy atom. The van der Waals surface area contributed by atoms with Crippen LogP contribution in [0.15, 0.2) is 66.7 Å². The minimum atomic E-state index is -0.426. The summed E-state index contributed by atoms with van der Waals surface area (Å²) < 4.78 is 5.63. The van der Waals surface area contributed by atoms with Crippen LogP contribution >= 0.6 is 11.6 Å². The Morgan fingerprint density at radius 3 is 2.38 bits per heavy atom. The molecular weight excluding hydrogens is 382 g/mol. The first-order valence-corrected chi connectivity index (χ1v) is 10.5. The average Bonchev–Trinajstić information content (AvgIpc) is 3.06. The van der Waals surface area contributed by atoms with E-state index < -0.39 is 6.09 Å². The minimum absolute atomic E-state index is 0.0636. The Morgan fingerprint density at radius 1 is 0.966 bits per heavy atom. The largest absolute Gasteiger partial charge is 0.448 e. The number of benzene rings is 3. The van der Waals surface area contributed by atoms with E-state index in [9.17, 15) is 4.79 Å². The Labute approximate surface area is 175 Å². The molecule has 1 unspecified atom stereocenters. The summed E-state index contributed by atoms with van der Waals surface area (Å²) >= 11 is 6.40. The van der Waals surface area contributed by atoms with Crippen LogP contribution in [-0.4, -0.2) is 12.7 Å². The van der Waals surface area contributed by atoms with Crippen LogP contribution in [0, 0.1) is 0 Å². The standard InChI is InChI=1S/C25H22ClNO2/c26-24-11-5-6-16-14-17(12-13-18(16)24)27-25(28)29-15-23-21-9-3-1-7-19(21)20-8-2-4-10-22(20)23/h1-4,7-10,12-14,23-24H,5-6,11,15H2,(H,27,28). The third-order valence-corrected chi connectivity index (χ3v) is 6.43. The predicted octanol–water partition coefficient (Wildman–Crippen LogP) is 6.66. The molecule has 3 aromatic rings. The second kappa shape index (κ2) is 7.57. The predicted molar refractivity (Wildman–Crippen MR) is 117 cm³/mol. The number of anilines is 1. The number of ether oxygens (including phenoxy) is 1. The van der Waals surface area contributed by atoms with Crippen molar-refractivity contribution in [1.29, 1.82) is 0 Å². The van der Waals surface area contributed by atoms with Crippen LogP contribution in [0.3, 0.4) is 0 Å². The van der Waals surface area contributed by atoms with Crippen molar-refractivity contribution in [3.63, 3.8) is 0 Å². The van der Waals surface area contributed by atoms with E-state index in [0.29, 0.717) is 6.61 Å². The van der Waals surface area contributed by atoms with Crippen LogP contribution in [0.5, 0.6) is 0 Å². The zero-order valence-electron chi connectivity index (χ0n) is 16.0. The normalized spacial score (nSPS) is 17.2. The van der Waals surface area contributed by atoms with E-state index in [1.165, 1.54) is 33.4 Å². The highest BCUT2D eigenvalue weighted by Gasteiger charge is 2.29. The summed E-state index contributed by atoms with van der Waals surface area (Å²) in [6.07, 6.45) is 2.66. The smallest absolute Gasteiger partial charge is 0.411 e. The van der Waals surface area contributed by atoms with Crippen LogP contribution < -0.4 is 5.32 Å². The SMILES string of the molecule is O=C(Nc1ccc2c(c1)CCCC2Cl)OCC1c2ccccc2-c2ccccc21. The summed E-state index contributed by atoms with van der Waals surface area (Å²) in [5.41, 5.74) is 8.02. The van der Waals surface area contributed by atoms with Gasteiger partial charge in [-0.15, -0.1) is 11.6 Å². The van der Waals surface area contributed by atoms with E-state index in [0.717, 1.165) is 24.9 Å².